The molecule has 0 unspecified atom stereocenters. The van der Waals surface area contributed by atoms with Crippen LogP contribution in [-0.4, -0.2) is 33.3 Å². The van der Waals surface area contributed by atoms with Crippen LogP contribution in [0.1, 0.15) is 64.0 Å². The number of rotatable bonds is 11. The molecule has 3 rings (SSSR count). The molecule has 1 heterocycles. The minimum atomic E-state index is -3.93. The Hall–Kier alpha value is -2.91. The summed E-state index contributed by atoms with van der Waals surface area (Å²) in [6, 6.07) is 13.9. The average Bonchev–Trinajstić information content (AvgIpc) is 2.84. The number of carbonyl (C=O) groups is 2. The number of unbranched alkanes of at least 4 members (excludes halogenated alkanes) is 2. The minimum Gasteiger partial charge on any atom is -0.370 e. The molecule has 4 N–H and O–H groups in total. The van der Waals surface area contributed by atoms with E-state index in [1.165, 1.54) is 6.07 Å². The summed E-state index contributed by atoms with van der Waals surface area (Å²) < 4.78 is 29.9. The van der Waals surface area contributed by atoms with Crippen molar-refractivity contribution in [3.63, 3.8) is 0 Å². The zero-order chi connectivity index (χ0) is 25.4. The summed E-state index contributed by atoms with van der Waals surface area (Å²) in [6.45, 7) is 4.91. The Bertz CT molecular complexity index is 1110. The molecule has 2 aromatic rings. The molecule has 0 bridgehead atoms. The first-order chi connectivity index (χ1) is 16.7. The lowest BCUT2D eigenvalue weighted by Gasteiger charge is -2.33. The fourth-order valence-corrected chi connectivity index (χ4v) is 5.82. The monoisotopic (exact) mass is 500 g/mol. The van der Waals surface area contributed by atoms with Gasteiger partial charge in [0.25, 0.3) is 0 Å². The molecule has 0 aromatic heterocycles. The van der Waals surface area contributed by atoms with Gasteiger partial charge in [0, 0.05) is 37.2 Å². The number of nitrogens with two attached hydrogens (primary N) is 1. The maximum Gasteiger partial charge on any atom is 0.243 e. The van der Waals surface area contributed by atoms with Crippen molar-refractivity contribution in [2.45, 2.75) is 63.3 Å². The number of piperidine rings is 1. The number of anilines is 2. The first-order valence-electron chi connectivity index (χ1n) is 12.3. The summed E-state index contributed by atoms with van der Waals surface area (Å²) in [6.07, 6.45) is 4.30. The molecule has 1 atom stereocenters. The van der Waals surface area contributed by atoms with E-state index in [1.807, 2.05) is 35.2 Å². The predicted molar refractivity (Wildman–Crippen MR) is 139 cm³/mol. The fourth-order valence-electron chi connectivity index (χ4n) is 4.34. The van der Waals surface area contributed by atoms with E-state index in [0.717, 1.165) is 24.8 Å². The zero-order valence-electron chi connectivity index (χ0n) is 20.5. The summed E-state index contributed by atoms with van der Waals surface area (Å²) in [5.41, 5.74) is 7.30. The van der Waals surface area contributed by atoms with Crippen LogP contribution in [0.25, 0.3) is 0 Å². The fraction of sp³-hybridized carbons (Fsp3) is 0.462. The van der Waals surface area contributed by atoms with Crippen LogP contribution in [0.2, 0.25) is 0 Å². The predicted octanol–water partition coefficient (Wildman–Crippen LogP) is 3.95. The molecule has 190 valence electrons. The summed E-state index contributed by atoms with van der Waals surface area (Å²) in [5.74, 6) is -0.663. The van der Waals surface area contributed by atoms with Crippen molar-refractivity contribution in [3.8, 4) is 0 Å². The van der Waals surface area contributed by atoms with Gasteiger partial charge in [-0.25, -0.2) is 13.1 Å². The number of hydrogen-bond acceptors (Lipinski definition) is 5. The third-order valence-electron chi connectivity index (χ3n) is 6.41. The molecule has 2 amide bonds. The van der Waals surface area contributed by atoms with Gasteiger partial charge in [0.1, 0.15) is 4.90 Å². The van der Waals surface area contributed by atoms with Crippen molar-refractivity contribution in [1.82, 2.24) is 4.72 Å². The summed E-state index contributed by atoms with van der Waals surface area (Å²) in [4.78, 5) is 26.0. The Labute approximate surface area is 208 Å². The third-order valence-corrected chi connectivity index (χ3v) is 7.98. The van der Waals surface area contributed by atoms with Crippen molar-refractivity contribution >= 4 is 33.2 Å². The Balaban J connectivity index is 1.88. The molecule has 0 radical (unpaired) electrons. The van der Waals surface area contributed by atoms with Gasteiger partial charge in [-0.05, 0) is 49.9 Å². The highest BCUT2D eigenvalue weighted by molar-refractivity contribution is 7.89. The topological polar surface area (TPSA) is 122 Å². The molecule has 1 saturated heterocycles. The highest BCUT2D eigenvalue weighted by Gasteiger charge is 2.29. The number of sulfonamides is 1. The second kappa shape index (κ2) is 12.2. The molecular formula is C26H36N4O4S. The molecule has 2 aromatic carbocycles. The number of primary amides is 1. The summed E-state index contributed by atoms with van der Waals surface area (Å²) >= 11 is 0. The normalized spacial score (nSPS) is 15.5. The quantitative estimate of drug-likeness (QED) is 0.403. The Morgan fingerprint density at radius 3 is 2.40 bits per heavy atom. The van der Waals surface area contributed by atoms with E-state index < -0.39 is 16.1 Å². The number of nitrogens with zero attached hydrogens (tertiary/aromatic N) is 1. The largest absolute Gasteiger partial charge is 0.370 e. The van der Waals surface area contributed by atoms with Gasteiger partial charge in [-0.3, -0.25) is 9.59 Å². The Morgan fingerprint density at radius 1 is 1.09 bits per heavy atom. The standard InChI is InChI=1S/C26H36N4O4S/c1-3-4-6-11-25(31)28-22-12-13-23(30-16-14-21(15-17-30)26(27)32)24(18-22)35(33,34)29-19(2)20-9-7-5-8-10-20/h5,7-10,12-13,18-19,21,29H,3-4,6,11,14-17H2,1-2H3,(H2,27,32)(H,28,31)/t19-/m0/s1. The number of amides is 2. The SMILES string of the molecule is CCCCCC(=O)Nc1ccc(N2CCC(C(N)=O)CC2)c(S(=O)(=O)N[C@@H](C)c2ccccc2)c1. The Morgan fingerprint density at radius 2 is 1.77 bits per heavy atom. The van der Waals surface area contributed by atoms with Crippen molar-refractivity contribution in [3.05, 3.63) is 54.1 Å². The molecule has 35 heavy (non-hydrogen) atoms. The third kappa shape index (κ3) is 7.29. The second-order valence-corrected chi connectivity index (χ2v) is 10.8. The lowest BCUT2D eigenvalue weighted by Crippen LogP contribution is -2.39. The zero-order valence-corrected chi connectivity index (χ0v) is 21.3. The van der Waals surface area contributed by atoms with Crippen LogP contribution in [0.5, 0.6) is 0 Å². The number of benzene rings is 2. The van der Waals surface area contributed by atoms with E-state index in [1.54, 1.807) is 19.1 Å². The molecule has 0 spiro atoms. The molecule has 9 heteroatoms. The molecule has 0 saturated carbocycles. The van der Waals surface area contributed by atoms with E-state index in [0.29, 0.717) is 43.7 Å². The first-order valence-corrected chi connectivity index (χ1v) is 13.7. The lowest BCUT2D eigenvalue weighted by molar-refractivity contribution is -0.122. The molecular weight excluding hydrogens is 464 g/mol. The van der Waals surface area contributed by atoms with Crippen molar-refractivity contribution < 1.29 is 18.0 Å². The average molecular weight is 501 g/mol. The van der Waals surface area contributed by atoms with Crippen LogP contribution in [0.15, 0.2) is 53.4 Å². The maximum absolute atomic E-state index is 13.6. The van der Waals surface area contributed by atoms with Crippen LogP contribution in [0, 0.1) is 5.92 Å². The van der Waals surface area contributed by atoms with Gasteiger partial charge >= 0.3 is 0 Å². The van der Waals surface area contributed by atoms with Crippen LogP contribution in [-0.2, 0) is 19.6 Å². The molecule has 8 nitrogen and oxygen atoms in total. The van der Waals surface area contributed by atoms with Gasteiger partial charge in [0.05, 0.1) is 5.69 Å². The molecule has 1 aliphatic rings. The number of carbonyl (C=O) groups excluding carboxylic acids is 2. The van der Waals surface area contributed by atoms with Crippen LogP contribution in [0.3, 0.4) is 0 Å². The second-order valence-electron chi connectivity index (χ2n) is 9.11. The van der Waals surface area contributed by atoms with Crippen molar-refractivity contribution in [1.29, 1.82) is 0 Å². The van der Waals surface area contributed by atoms with Gasteiger partial charge < -0.3 is 16.0 Å². The van der Waals surface area contributed by atoms with Crippen molar-refractivity contribution in [2.75, 3.05) is 23.3 Å². The lowest BCUT2D eigenvalue weighted by atomic mass is 9.96. The maximum atomic E-state index is 13.6. The molecule has 1 aliphatic heterocycles. The van der Waals surface area contributed by atoms with Crippen molar-refractivity contribution in [2.24, 2.45) is 11.7 Å². The van der Waals surface area contributed by atoms with Crippen LogP contribution >= 0.6 is 0 Å². The van der Waals surface area contributed by atoms with E-state index in [4.69, 9.17) is 5.73 Å². The minimum absolute atomic E-state index is 0.101. The Kier molecular flexibility index (Phi) is 9.28. The number of nitrogens with one attached hydrogen (secondary N) is 2. The van der Waals surface area contributed by atoms with Gasteiger partial charge in [-0.15, -0.1) is 0 Å². The highest BCUT2D eigenvalue weighted by atomic mass is 32.2. The highest BCUT2D eigenvalue weighted by Crippen LogP contribution is 2.32. The molecule has 1 fully saturated rings. The van der Waals surface area contributed by atoms with E-state index >= 15 is 0 Å². The van der Waals surface area contributed by atoms with E-state index in [9.17, 15) is 18.0 Å². The van der Waals surface area contributed by atoms with Crippen LogP contribution < -0.4 is 20.7 Å². The van der Waals surface area contributed by atoms with Gasteiger partial charge in [-0.1, -0.05) is 50.1 Å². The smallest absolute Gasteiger partial charge is 0.243 e. The number of hydrogen-bond donors (Lipinski definition) is 3. The van der Waals surface area contributed by atoms with E-state index in [2.05, 4.69) is 17.0 Å². The van der Waals surface area contributed by atoms with Gasteiger partial charge in [0.2, 0.25) is 21.8 Å². The van der Waals surface area contributed by atoms with Gasteiger partial charge in [0.15, 0.2) is 0 Å². The summed E-state index contributed by atoms with van der Waals surface area (Å²) in [5, 5.41) is 2.84. The first kappa shape index (κ1) is 26.7. The molecule has 0 aliphatic carbocycles. The summed E-state index contributed by atoms with van der Waals surface area (Å²) in [7, 11) is -3.93. The van der Waals surface area contributed by atoms with Crippen LogP contribution in [0.4, 0.5) is 11.4 Å². The van der Waals surface area contributed by atoms with Gasteiger partial charge in [-0.2, -0.15) is 0 Å². The van der Waals surface area contributed by atoms with E-state index in [-0.39, 0.29) is 22.6 Å².